The number of nitrogens with one attached hydrogen (secondary N) is 2. The highest BCUT2D eigenvalue weighted by atomic mass is 16.5. The van der Waals surface area contributed by atoms with E-state index in [0.29, 0.717) is 6.54 Å². The first-order valence-corrected chi connectivity index (χ1v) is 7.18. The number of ether oxygens (including phenoxy) is 1. The third-order valence-corrected chi connectivity index (χ3v) is 3.37. The van der Waals surface area contributed by atoms with Crippen molar-refractivity contribution in [3.63, 3.8) is 0 Å². The van der Waals surface area contributed by atoms with Gasteiger partial charge in [0.2, 0.25) is 0 Å². The minimum atomic E-state index is -0.184. The summed E-state index contributed by atoms with van der Waals surface area (Å²) in [5.41, 5.74) is -0.265. The third-order valence-electron chi connectivity index (χ3n) is 3.37. The Morgan fingerprint density at radius 1 is 1.42 bits per heavy atom. The normalized spacial score (nSPS) is 24.6. The molecule has 112 valence electrons. The molecule has 1 rings (SSSR count). The van der Waals surface area contributed by atoms with Crippen LogP contribution in [0.4, 0.5) is 0 Å². The van der Waals surface area contributed by atoms with E-state index in [0.717, 1.165) is 38.5 Å². The Kier molecular flexibility index (Phi) is 6.07. The van der Waals surface area contributed by atoms with Gasteiger partial charge in [-0.05, 0) is 26.7 Å². The average molecular weight is 271 g/mol. The minimum absolute atomic E-state index is 0.0807. The van der Waals surface area contributed by atoms with Gasteiger partial charge in [0.1, 0.15) is 0 Å². The number of guanidine groups is 1. The molecule has 1 fully saturated rings. The van der Waals surface area contributed by atoms with Crippen molar-refractivity contribution < 1.29 is 9.84 Å². The van der Waals surface area contributed by atoms with Crippen molar-refractivity contribution >= 4 is 5.96 Å². The molecule has 1 atom stereocenters. The Labute approximate surface area is 116 Å². The Bertz CT molecular complexity index is 297. The standard InChI is InChI=1S/C14H29N3O2/c1-5-15-12(16-9-13(2,3)11-18)17-10-14(4)7-6-8-19-14/h18H,5-11H2,1-4H3,(H2,15,16,17). The average Bonchev–Trinajstić information content (AvgIpc) is 2.80. The van der Waals surface area contributed by atoms with Gasteiger partial charge in [0.15, 0.2) is 5.96 Å². The molecule has 0 aromatic rings. The molecule has 3 N–H and O–H groups in total. The fourth-order valence-electron chi connectivity index (χ4n) is 1.93. The lowest BCUT2D eigenvalue weighted by atomic mass is 9.95. The number of aliphatic imine (C=N–C) groups is 1. The molecule has 0 bridgehead atoms. The van der Waals surface area contributed by atoms with Crippen molar-refractivity contribution in [3.05, 3.63) is 0 Å². The molecule has 0 spiro atoms. The molecule has 1 saturated heterocycles. The van der Waals surface area contributed by atoms with Crippen molar-refractivity contribution in [1.82, 2.24) is 10.6 Å². The maximum atomic E-state index is 9.25. The van der Waals surface area contributed by atoms with Crippen molar-refractivity contribution in [1.29, 1.82) is 0 Å². The van der Waals surface area contributed by atoms with Crippen LogP contribution >= 0.6 is 0 Å². The number of aliphatic hydroxyl groups is 1. The molecule has 19 heavy (non-hydrogen) atoms. The van der Waals surface area contributed by atoms with Gasteiger partial charge >= 0.3 is 0 Å². The number of hydrogen-bond acceptors (Lipinski definition) is 3. The second-order valence-corrected chi connectivity index (χ2v) is 6.27. The van der Waals surface area contributed by atoms with Crippen LogP contribution in [-0.2, 0) is 4.74 Å². The van der Waals surface area contributed by atoms with Gasteiger partial charge in [0.05, 0.1) is 12.1 Å². The van der Waals surface area contributed by atoms with E-state index >= 15 is 0 Å². The van der Waals surface area contributed by atoms with Gasteiger partial charge in [-0.1, -0.05) is 13.8 Å². The first-order chi connectivity index (χ1) is 8.91. The van der Waals surface area contributed by atoms with E-state index in [-0.39, 0.29) is 17.6 Å². The van der Waals surface area contributed by atoms with Crippen LogP contribution in [0.3, 0.4) is 0 Å². The monoisotopic (exact) mass is 271 g/mol. The number of hydrogen-bond donors (Lipinski definition) is 3. The van der Waals surface area contributed by atoms with Crippen LogP contribution < -0.4 is 10.6 Å². The first-order valence-electron chi connectivity index (χ1n) is 7.18. The maximum absolute atomic E-state index is 9.25. The van der Waals surface area contributed by atoms with E-state index in [1.165, 1.54) is 0 Å². The molecule has 0 aromatic carbocycles. The Morgan fingerprint density at radius 2 is 2.16 bits per heavy atom. The largest absolute Gasteiger partial charge is 0.396 e. The molecular formula is C14H29N3O2. The molecule has 1 aliphatic rings. The number of rotatable bonds is 6. The van der Waals surface area contributed by atoms with Crippen molar-refractivity contribution in [2.75, 3.05) is 32.8 Å². The lowest BCUT2D eigenvalue weighted by molar-refractivity contribution is 0.0242. The highest BCUT2D eigenvalue weighted by molar-refractivity contribution is 5.79. The quantitative estimate of drug-likeness (QED) is 0.500. The second kappa shape index (κ2) is 7.10. The zero-order valence-corrected chi connectivity index (χ0v) is 12.8. The van der Waals surface area contributed by atoms with Gasteiger partial charge in [0, 0.05) is 31.7 Å². The highest BCUT2D eigenvalue weighted by Crippen LogP contribution is 2.23. The van der Waals surface area contributed by atoms with E-state index in [4.69, 9.17) is 4.74 Å². The lowest BCUT2D eigenvalue weighted by Crippen LogP contribution is -2.46. The summed E-state index contributed by atoms with van der Waals surface area (Å²) in [6.07, 6.45) is 2.21. The van der Waals surface area contributed by atoms with Crippen LogP contribution in [0.5, 0.6) is 0 Å². The van der Waals surface area contributed by atoms with Crippen LogP contribution in [0.15, 0.2) is 4.99 Å². The predicted octanol–water partition coefficient (Wildman–Crippen LogP) is 1.13. The van der Waals surface area contributed by atoms with Gasteiger partial charge in [0.25, 0.3) is 0 Å². The van der Waals surface area contributed by atoms with Crippen molar-refractivity contribution in [2.45, 2.75) is 46.1 Å². The summed E-state index contributed by atoms with van der Waals surface area (Å²) in [5, 5.41) is 15.8. The van der Waals surface area contributed by atoms with Crippen molar-refractivity contribution in [3.8, 4) is 0 Å². The van der Waals surface area contributed by atoms with Crippen LogP contribution in [0.25, 0.3) is 0 Å². The van der Waals surface area contributed by atoms with Crippen LogP contribution in [0, 0.1) is 5.41 Å². The van der Waals surface area contributed by atoms with Gasteiger partial charge in [-0.3, -0.25) is 4.99 Å². The second-order valence-electron chi connectivity index (χ2n) is 6.27. The molecule has 5 heteroatoms. The number of nitrogens with zero attached hydrogens (tertiary/aromatic N) is 1. The maximum Gasteiger partial charge on any atom is 0.191 e. The Balaban J connectivity index is 2.49. The molecular weight excluding hydrogens is 242 g/mol. The molecule has 0 amide bonds. The lowest BCUT2D eigenvalue weighted by Gasteiger charge is -2.25. The molecule has 0 radical (unpaired) electrons. The van der Waals surface area contributed by atoms with E-state index < -0.39 is 0 Å². The van der Waals surface area contributed by atoms with Crippen LogP contribution in [-0.4, -0.2) is 49.5 Å². The molecule has 0 aliphatic carbocycles. The van der Waals surface area contributed by atoms with Crippen LogP contribution in [0.2, 0.25) is 0 Å². The zero-order chi connectivity index (χ0) is 14.4. The SMILES string of the molecule is CCNC(=NCC(C)(C)CO)NCC1(C)CCCO1. The molecule has 0 aromatic heterocycles. The summed E-state index contributed by atoms with van der Waals surface area (Å²) in [6.45, 7) is 11.3. The van der Waals surface area contributed by atoms with Gasteiger partial charge in [-0.15, -0.1) is 0 Å². The summed E-state index contributed by atoms with van der Waals surface area (Å²) in [4.78, 5) is 4.53. The number of aliphatic hydroxyl groups excluding tert-OH is 1. The fourth-order valence-corrected chi connectivity index (χ4v) is 1.93. The summed E-state index contributed by atoms with van der Waals surface area (Å²) in [7, 11) is 0. The van der Waals surface area contributed by atoms with E-state index in [1.807, 2.05) is 20.8 Å². The summed E-state index contributed by atoms with van der Waals surface area (Å²) in [5.74, 6) is 0.792. The summed E-state index contributed by atoms with van der Waals surface area (Å²) < 4.78 is 5.75. The molecule has 5 nitrogen and oxygen atoms in total. The van der Waals surface area contributed by atoms with E-state index in [1.54, 1.807) is 0 Å². The Hall–Kier alpha value is -0.810. The first kappa shape index (κ1) is 16.2. The zero-order valence-electron chi connectivity index (χ0n) is 12.8. The Morgan fingerprint density at radius 3 is 2.68 bits per heavy atom. The predicted molar refractivity (Wildman–Crippen MR) is 78.4 cm³/mol. The third kappa shape index (κ3) is 5.78. The van der Waals surface area contributed by atoms with Gasteiger partial charge < -0.3 is 20.5 Å². The fraction of sp³-hybridized carbons (Fsp3) is 0.929. The van der Waals surface area contributed by atoms with Crippen molar-refractivity contribution in [2.24, 2.45) is 10.4 Å². The van der Waals surface area contributed by atoms with Gasteiger partial charge in [-0.2, -0.15) is 0 Å². The summed E-state index contributed by atoms with van der Waals surface area (Å²) in [6, 6.07) is 0. The van der Waals surface area contributed by atoms with E-state index in [9.17, 15) is 5.11 Å². The van der Waals surface area contributed by atoms with Crippen LogP contribution in [0.1, 0.15) is 40.5 Å². The molecule has 0 saturated carbocycles. The van der Waals surface area contributed by atoms with Gasteiger partial charge in [-0.25, -0.2) is 0 Å². The molecule has 1 heterocycles. The highest BCUT2D eigenvalue weighted by Gasteiger charge is 2.29. The minimum Gasteiger partial charge on any atom is -0.396 e. The molecule has 1 unspecified atom stereocenters. The summed E-state index contributed by atoms with van der Waals surface area (Å²) >= 11 is 0. The molecule has 1 aliphatic heterocycles. The smallest absolute Gasteiger partial charge is 0.191 e. The van der Waals surface area contributed by atoms with E-state index in [2.05, 4.69) is 22.5 Å². The topological polar surface area (TPSA) is 65.9 Å².